The van der Waals surface area contributed by atoms with Crippen LogP contribution in [0.25, 0.3) is 0 Å². The molecule has 0 radical (unpaired) electrons. The number of benzene rings is 1. The third-order valence-electron chi connectivity index (χ3n) is 3.01. The van der Waals surface area contributed by atoms with Crippen molar-refractivity contribution in [2.75, 3.05) is 18.1 Å². The molecule has 7 heteroatoms. The molecule has 1 heterocycles. The molecule has 0 unspecified atom stereocenters. The number of nitrogens with one attached hydrogen (secondary N) is 2. The van der Waals surface area contributed by atoms with E-state index in [0.717, 1.165) is 5.56 Å². The van der Waals surface area contributed by atoms with Crippen molar-refractivity contribution < 1.29 is 9.59 Å². The molecule has 0 saturated heterocycles. The molecular weight excluding hydrogens is 270 g/mol. The Hall–Kier alpha value is -2.83. The number of amides is 2. The Morgan fingerprint density at radius 1 is 1.38 bits per heavy atom. The molecule has 0 aliphatic heterocycles. The molecule has 1 aromatic carbocycles. The van der Waals surface area contributed by atoms with E-state index < -0.39 is 0 Å². The highest BCUT2D eigenvalue weighted by Gasteiger charge is 2.13. The summed E-state index contributed by atoms with van der Waals surface area (Å²) in [6, 6.07) is 5.29. The second-order valence-electron chi connectivity index (χ2n) is 4.59. The molecule has 0 saturated carbocycles. The van der Waals surface area contributed by atoms with Crippen molar-refractivity contribution in [3.8, 4) is 0 Å². The van der Waals surface area contributed by atoms with E-state index in [1.807, 2.05) is 13.0 Å². The Morgan fingerprint density at radius 3 is 2.81 bits per heavy atom. The molecule has 2 aromatic rings. The van der Waals surface area contributed by atoms with E-state index in [9.17, 15) is 9.59 Å². The average Bonchev–Trinajstić information content (AvgIpc) is 2.85. The Morgan fingerprint density at radius 2 is 2.14 bits per heavy atom. The predicted molar refractivity (Wildman–Crippen MR) is 79.8 cm³/mol. The zero-order valence-corrected chi connectivity index (χ0v) is 11.9. The van der Waals surface area contributed by atoms with E-state index in [1.54, 1.807) is 25.4 Å². The molecule has 0 atom stereocenters. The van der Waals surface area contributed by atoms with E-state index in [2.05, 4.69) is 15.7 Å². The maximum Gasteiger partial charge on any atom is 0.258 e. The number of carbonyl (C=O) groups is 2. The molecule has 7 nitrogen and oxygen atoms in total. The minimum absolute atomic E-state index is 0.0961. The normalized spacial score (nSPS) is 10.2. The van der Waals surface area contributed by atoms with E-state index in [4.69, 9.17) is 5.73 Å². The molecule has 110 valence electrons. The molecule has 1 aromatic heterocycles. The van der Waals surface area contributed by atoms with E-state index >= 15 is 0 Å². The van der Waals surface area contributed by atoms with Crippen LogP contribution in [0, 0.1) is 6.92 Å². The van der Waals surface area contributed by atoms with Gasteiger partial charge in [0, 0.05) is 18.9 Å². The van der Waals surface area contributed by atoms with Crippen molar-refractivity contribution in [2.24, 2.45) is 0 Å². The van der Waals surface area contributed by atoms with Gasteiger partial charge in [0.2, 0.25) is 5.91 Å². The van der Waals surface area contributed by atoms with Crippen LogP contribution in [0.3, 0.4) is 0 Å². The minimum Gasteiger partial charge on any atom is -0.398 e. The highest BCUT2D eigenvalue weighted by molar-refractivity contribution is 6.08. The van der Waals surface area contributed by atoms with Gasteiger partial charge < -0.3 is 16.4 Å². The molecule has 0 aliphatic rings. The van der Waals surface area contributed by atoms with Gasteiger partial charge in [-0.15, -0.1) is 0 Å². The van der Waals surface area contributed by atoms with Gasteiger partial charge in [-0.25, -0.2) is 0 Å². The number of nitrogens with two attached hydrogens (primary N) is 1. The van der Waals surface area contributed by atoms with Crippen LogP contribution < -0.4 is 16.4 Å². The van der Waals surface area contributed by atoms with Gasteiger partial charge in [-0.3, -0.25) is 14.3 Å². The predicted octanol–water partition coefficient (Wildman–Crippen LogP) is 0.772. The number of hydrogen-bond acceptors (Lipinski definition) is 4. The van der Waals surface area contributed by atoms with Crippen molar-refractivity contribution in [3.05, 3.63) is 41.7 Å². The number of likely N-dealkylation sites (N-methyl/N-ethyl adjacent to an activating group) is 1. The summed E-state index contributed by atoms with van der Waals surface area (Å²) < 4.78 is 1.44. The van der Waals surface area contributed by atoms with Crippen LogP contribution in [0.4, 0.5) is 11.4 Å². The SMILES string of the molecule is CNC(=O)Cn1cc(NC(=O)c2c(C)cccc2N)cn1. The molecule has 21 heavy (non-hydrogen) atoms. The Balaban J connectivity index is 2.12. The van der Waals surface area contributed by atoms with Crippen molar-refractivity contribution >= 4 is 23.2 Å². The summed E-state index contributed by atoms with van der Waals surface area (Å²) in [4.78, 5) is 23.5. The summed E-state index contributed by atoms with van der Waals surface area (Å²) >= 11 is 0. The Kier molecular flexibility index (Phi) is 4.22. The summed E-state index contributed by atoms with van der Waals surface area (Å²) in [6.45, 7) is 1.92. The van der Waals surface area contributed by atoms with Crippen molar-refractivity contribution in [3.63, 3.8) is 0 Å². The van der Waals surface area contributed by atoms with Gasteiger partial charge in [-0.05, 0) is 18.6 Å². The van der Waals surface area contributed by atoms with E-state index in [-0.39, 0.29) is 18.4 Å². The Labute approximate surface area is 122 Å². The standard InChI is InChI=1S/C14H17N5O2/c1-9-4-3-5-11(15)13(9)14(21)18-10-6-17-19(7-10)8-12(20)16-2/h3-7H,8,15H2,1-2H3,(H,16,20)(H,18,21). The quantitative estimate of drug-likeness (QED) is 0.723. The number of nitrogens with zero attached hydrogens (tertiary/aromatic N) is 2. The molecule has 4 N–H and O–H groups in total. The zero-order chi connectivity index (χ0) is 15.4. The molecule has 2 rings (SSSR count). The summed E-state index contributed by atoms with van der Waals surface area (Å²) in [5, 5.41) is 9.22. The number of hydrogen-bond donors (Lipinski definition) is 3. The first-order valence-electron chi connectivity index (χ1n) is 6.40. The lowest BCUT2D eigenvalue weighted by atomic mass is 10.1. The zero-order valence-electron chi connectivity index (χ0n) is 11.9. The van der Waals surface area contributed by atoms with Crippen LogP contribution in [0.1, 0.15) is 15.9 Å². The summed E-state index contributed by atoms with van der Waals surface area (Å²) in [5.74, 6) is -0.468. The number of anilines is 2. The highest BCUT2D eigenvalue weighted by Crippen LogP contribution is 2.18. The lowest BCUT2D eigenvalue weighted by molar-refractivity contribution is -0.121. The van der Waals surface area contributed by atoms with Crippen molar-refractivity contribution in [1.29, 1.82) is 0 Å². The first-order chi connectivity index (χ1) is 10.0. The van der Waals surface area contributed by atoms with Gasteiger partial charge in [-0.2, -0.15) is 5.10 Å². The third-order valence-corrected chi connectivity index (χ3v) is 3.01. The van der Waals surface area contributed by atoms with E-state index in [1.165, 1.54) is 10.9 Å². The number of aryl methyl sites for hydroxylation is 1. The summed E-state index contributed by atoms with van der Waals surface area (Å²) in [7, 11) is 1.55. The second kappa shape index (κ2) is 6.08. The molecule has 2 amide bonds. The molecule has 0 fully saturated rings. The van der Waals surface area contributed by atoms with Crippen molar-refractivity contribution in [2.45, 2.75) is 13.5 Å². The maximum absolute atomic E-state index is 12.2. The van der Waals surface area contributed by atoms with Gasteiger partial charge >= 0.3 is 0 Å². The number of aromatic nitrogens is 2. The monoisotopic (exact) mass is 287 g/mol. The molecule has 0 bridgehead atoms. The van der Waals surface area contributed by atoms with Crippen LogP contribution in [-0.4, -0.2) is 28.6 Å². The second-order valence-corrected chi connectivity index (χ2v) is 4.59. The van der Waals surface area contributed by atoms with Gasteiger partial charge in [-0.1, -0.05) is 12.1 Å². The van der Waals surface area contributed by atoms with Crippen molar-refractivity contribution in [1.82, 2.24) is 15.1 Å². The van der Waals surface area contributed by atoms with Gasteiger partial charge in [0.25, 0.3) is 5.91 Å². The van der Waals surface area contributed by atoms with Crippen LogP contribution in [0.2, 0.25) is 0 Å². The molecule has 0 aliphatic carbocycles. The fraction of sp³-hybridized carbons (Fsp3) is 0.214. The topological polar surface area (TPSA) is 102 Å². The van der Waals surface area contributed by atoms with Gasteiger partial charge in [0.05, 0.1) is 17.4 Å². The van der Waals surface area contributed by atoms with Crippen LogP contribution in [0.5, 0.6) is 0 Å². The fourth-order valence-electron chi connectivity index (χ4n) is 1.94. The summed E-state index contributed by atoms with van der Waals surface area (Å²) in [5.41, 5.74) is 8.00. The Bertz CT molecular complexity index is 658. The number of rotatable bonds is 4. The largest absolute Gasteiger partial charge is 0.398 e. The number of nitrogen functional groups attached to an aromatic ring is 1. The van der Waals surface area contributed by atoms with Gasteiger partial charge in [0.1, 0.15) is 6.54 Å². The van der Waals surface area contributed by atoms with Crippen LogP contribution >= 0.6 is 0 Å². The smallest absolute Gasteiger partial charge is 0.258 e. The van der Waals surface area contributed by atoms with Gasteiger partial charge in [0.15, 0.2) is 0 Å². The van der Waals surface area contributed by atoms with Crippen LogP contribution in [-0.2, 0) is 11.3 Å². The third kappa shape index (κ3) is 3.38. The highest BCUT2D eigenvalue weighted by atomic mass is 16.2. The maximum atomic E-state index is 12.2. The molecule has 0 spiro atoms. The molecular formula is C14H17N5O2. The first kappa shape index (κ1) is 14.6. The summed E-state index contributed by atoms with van der Waals surface area (Å²) in [6.07, 6.45) is 3.07. The minimum atomic E-state index is -0.301. The van der Waals surface area contributed by atoms with Crippen LogP contribution in [0.15, 0.2) is 30.6 Å². The fourth-order valence-corrected chi connectivity index (χ4v) is 1.94. The lowest BCUT2D eigenvalue weighted by Crippen LogP contribution is -2.23. The van der Waals surface area contributed by atoms with E-state index in [0.29, 0.717) is 16.9 Å². The average molecular weight is 287 g/mol. The first-order valence-corrected chi connectivity index (χ1v) is 6.40. The number of carbonyl (C=O) groups excluding carboxylic acids is 2. The lowest BCUT2D eigenvalue weighted by Gasteiger charge is -2.08.